The van der Waals surface area contributed by atoms with Crippen molar-refractivity contribution < 1.29 is 0 Å². The van der Waals surface area contributed by atoms with Crippen LogP contribution in [0.4, 0.5) is 0 Å². The molecular weight excluding hydrogens is 239 g/mol. The van der Waals surface area contributed by atoms with E-state index in [4.69, 9.17) is 10.5 Å². The zero-order chi connectivity index (χ0) is 8.15. The summed E-state index contributed by atoms with van der Waals surface area (Å²) < 4.78 is 0.836. The molecule has 0 fully saturated rings. The zero-order valence-electron chi connectivity index (χ0n) is 5.85. The summed E-state index contributed by atoms with van der Waals surface area (Å²) in [6.07, 6.45) is 0. The minimum absolute atomic E-state index is 0.232. The molecule has 0 radical (unpaired) electrons. The first kappa shape index (κ1) is 9.45. The molecule has 0 rings (SSSR count). The zero-order valence-corrected chi connectivity index (χ0v) is 8.01. The van der Waals surface area contributed by atoms with Gasteiger partial charge < -0.3 is 0 Å². The minimum Gasteiger partial charge on any atom is -0.192 e. The van der Waals surface area contributed by atoms with Gasteiger partial charge in [-0.15, -0.1) is 0 Å². The summed E-state index contributed by atoms with van der Waals surface area (Å²) in [4.78, 5) is 0. The highest BCUT2D eigenvalue weighted by Gasteiger charge is 2.05. The van der Waals surface area contributed by atoms with Crippen molar-refractivity contribution in [3.8, 4) is 12.1 Å². The van der Waals surface area contributed by atoms with Gasteiger partial charge in [0.05, 0.1) is 0 Å². The van der Waals surface area contributed by atoms with Crippen molar-refractivity contribution in [2.24, 2.45) is 5.92 Å². The number of rotatable bonds is 1. The monoisotopic (exact) mass is 246 g/mol. The van der Waals surface area contributed by atoms with E-state index >= 15 is 0 Å². The molecule has 0 aromatic rings. The van der Waals surface area contributed by atoms with Crippen molar-refractivity contribution in [1.29, 1.82) is 10.5 Å². The van der Waals surface area contributed by atoms with Crippen molar-refractivity contribution in [3.63, 3.8) is 0 Å². The second-order valence-corrected chi connectivity index (χ2v) is 3.26. The molecule has 0 N–H and O–H groups in total. The number of halogens is 1. The number of hydrogen-bond donors (Lipinski definition) is 0. The van der Waals surface area contributed by atoms with E-state index in [9.17, 15) is 0 Å². The Hall–Kier alpha value is -0.550. The van der Waals surface area contributed by atoms with Gasteiger partial charge in [-0.1, -0.05) is 13.8 Å². The Morgan fingerprint density at radius 3 is 1.80 bits per heavy atom. The Kier molecular flexibility index (Phi) is 4.06. The maximum Gasteiger partial charge on any atom is 0.139 e. The fraction of sp³-hybridized carbons (Fsp3) is 0.429. The van der Waals surface area contributed by atoms with E-state index in [2.05, 4.69) is 0 Å². The van der Waals surface area contributed by atoms with Crippen LogP contribution in [0.3, 0.4) is 0 Å². The molecule has 0 saturated carbocycles. The lowest BCUT2D eigenvalue weighted by Gasteiger charge is -2.00. The van der Waals surface area contributed by atoms with Crippen LogP contribution in [-0.4, -0.2) is 0 Å². The van der Waals surface area contributed by atoms with Gasteiger partial charge in [-0.2, -0.15) is 10.5 Å². The SMILES string of the molecule is CC(C)C(I)=C(C#N)C#N. The first-order valence-electron chi connectivity index (χ1n) is 2.83. The van der Waals surface area contributed by atoms with Gasteiger partial charge in [-0.3, -0.25) is 0 Å². The third-order valence-corrected chi connectivity index (χ3v) is 2.75. The molecule has 0 amide bonds. The number of hydrogen-bond acceptors (Lipinski definition) is 2. The van der Waals surface area contributed by atoms with Crippen LogP contribution >= 0.6 is 22.6 Å². The van der Waals surface area contributed by atoms with Gasteiger partial charge in [0.15, 0.2) is 0 Å². The van der Waals surface area contributed by atoms with Crippen LogP contribution in [0, 0.1) is 28.6 Å². The van der Waals surface area contributed by atoms with Crippen molar-refractivity contribution in [2.45, 2.75) is 13.8 Å². The van der Waals surface area contributed by atoms with Crippen LogP contribution < -0.4 is 0 Å². The average Bonchev–Trinajstić information content (AvgIpc) is 1.90. The van der Waals surface area contributed by atoms with Gasteiger partial charge in [0.25, 0.3) is 0 Å². The summed E-state index contributed by atoms with van der Waals surface area (Å²) in [7, 11) is 0. The maximum absolute atomic E-state index is 8.41. The van der Waals surface area contributed by atoms with Crippen LogP contribution in [0.15, 0.2) is 9.15 Å². The van der Waals surface area contributed by atoms with Gasteiger partial charge >= 0.3 is 0 Å². The Morgan fingerprint density at radius 1 is 1.30 bits per heavy atom. The Morgan fingerprint density at radius 2 is 1.70 bits per heavy atom. The Bertz CT molecular complexity index is 211. The van der Waals surface area contributed by atoms with E-state index in [1.54, 1.807) is 0 Å². The van der Waals surface area contributed by atoms with E-state index in [-0.39, 0.29) is 11.5 Å². The largest absolute Gasteiger partial charge is 0.192 e. The quantitative estimate of drug-likeness (QED) is 0.526. The highest BCUT2D eigenvalue weighted by atomic mass is 127. The van der Waals surface area contributed by atoms with Crippen LogP contribution in [0.5, 0.6) is 0 Å². The molecule has 0 bridgehead atoms. The molecule has 0 aliphatic carbocycles. The molecule has 0 aromatic heterocycles. The average molecular weight is 246 g/mol. The fourth-order valence-corrected chi connectivity index (χ4v) is 0.662. The lowest BCUT2D eigenvalue weighted by Crippen LogP contribution is -1.89. The smallest absolute Gasteiger partial charge is 0.139 e. The first-order valence-corrected chi connectivity index (χ1v) is 3.91. The molecule has 0 spiro atoms. The van der Waals surface area contributed by atoms with Gasteiger partial charge in [-0.25, -0.2) is 0 Å². The standard InChI is InChI=1S/C7H7IN2/c1-5(2)7(8)6(3-9)4-10/h5H,1-2H3. The Balaban J connectivity index is 4.70. The Labute approximate surface area is 74.3 Å². The summed E-state index contributed by atoms with van der Waals surface area (Å²) in [6.45, 7) is 3.91. The summed E-state index contributed by atoms with van der Waals surface area (Å²) in [6, 6.07) is 3.69. The predicted molar refractivity (Wildman–Crippen MR) is 47.1 cm³/mol. The molecule has 0 saturated heterocycles. The van der Waals surface area contributed by atoms with Gasteiger partial charge in [0.2, 0.25) is 0 Å². The van der Waals surface area contributed by atoms with E-state index in [0.717, 1.165) is 3.58 Å². The molecule has 0 aliphatic heterocycles. The highest BCUT2D eigenvalue weighted by molar-refractivity contribution is 14.1. The van der Waals surface area contributed by atoms with Gasteiger partial charge in [0.1, 0.15) is 17.7 Å². The molecule has 3 heteroatoms. The predicted octanol–water partition coefficient (Wildman–Crippen LogP) is 2.38. The molecule has 0 aromatic carbocycles. The lowest BCUT2D eigenvalue weighted by atomic mass is 10.1. The summed E-state index contributed by atoms with van der Waals surface area (Å²) in [5, 5.41) is 16.8. The number of nitrogens with zero attached hydrogens (tertiary/aromatic N) is 2. The van der Waals surface area contributed by atoms with Crippen LogP contribution in [0.1, 0.15) is 13.8 Å². The first-order chi connectivity index (χ1) is 4.63. The molecule has 0 unspecified atom stereocenters. The lowest BCUT2D eigenvalue weighted by molar-refractivity contribution is 0.821. The topological polar surface area (TPSA) is 47.6 Å². The second-order valence-electron chi connectivity index (χ2n) is 2.10. The molecule has 0 atom stereocenters. The molecule has 2 nitrogen and oxygen atoms in total. The van der Waals surface area contributed by atoms with Crippen molar-refractivity contribution in [3.05, 3.63) is 9.15 Å². The molecule has 52 valence electrons. The van der Waals surface area contributed by atoms with Crippen LogP contribution in [-0.2, 0) is 0 Å². The molecule has 0 aliphatic rings. The highest BCUT2D eigenvalue weighted by Crippen LogP contribution is 2.20. The molecule has 0 heterocycles. The fourth-order valence-electron chi connectivity index (χ4n) is 0.420. The maximum atomic E-state index is 8.41. The summed E-state index contributed by atoms with van der Waals surface area (Å²) >= 11 is 2.03. The van der Waals surface area contributed by atoms with Crippen LogP contribution in [0.2, 0.25) is 0 Å². The van der Waals surface area contributed by atoms with Crippen molar-refractivity contribution in [2.75, 3.05) is 0 Å². The summed E-state index contributed by atoms with van der Waals surface area (Å²) in [5.74, 6) is 0.273. The van der Waals surface area contributed by atoms with E-state index < -0.39 is 0 Å². The van der Waals surface area contributed by atoms with Crippen molar-refractivity contribution >= 4 is 22.6 Å². The number of allylic oxidation sites excluding steroid dienone is 2. The van der Waals surface area contributed by atoms with E-state index in [0.29, 0.717) is 0 Å². The van der Waals surface area contributed by atoms with Crippen molar-refractivity contribution in [1.82, 2.24) is 0 Å². The van der Waals surface area contributed by atoms with E-state index in [1.807, 2.05) is 48.6 Å². The third-order valence-electron chi connectivity index (χ3n) is 0.969. The number of nitriles is 2. The third kappa shape index (κ3) is 2.36. The normalized spacial score (nSPS) is 8.20. The minimum atomic E-state index is 0.232. The second kappa shape index (κ2) is 4.29. The van der Waals surface area contributed by atoms with Crippen LogP contribution in [0.25, 0.3) is 0 Å². The molecule has 10 heavy (non-hydrogen) atoms. The van der Waals surface area contributed by atoms with E-state index in [1.165, 1.54) is 0 Å². The molecular formula is C7H7IN2. The van der Waals surface area contributed by atoms with Gasteiger partial charge in [0, 0.05) is 3.58 Å². The van der Waals surface area contributed by atoms with Gasteiger partial charge in [-0.05, 0) is 28.5 Å². The summed E-state index contributed by atoms with van der Waals surface area (Å²) in [5.41, 5.74) is 0.232.